The number of halogens is 2. The summed E-state index contributed by atoms with van der Waals surface area (Å²) in [5.41, 5.74) is 1.81. The van der Waals surface area contributed by atoms with Gasteiger partial charge in [0.05, 0.1) is 5.69 Å². The first-order valence-electron chi connectivity index (χ1n) is 3.37. The van der Waals surface area contributed by atoms with E-state index in [1.165, 1.54) is 0 Å². The molecule has 2 rings (SSSR count). The molecule has 0 radical (unpaired) electrons. The Morgan fingerprint density at radius 2 is 2.33 bits per heavy atom. The highest BCUT2D eigenvalue weighted by molar-refractivity contribution is 9.08. The highest BCUT2D eigenvalue weighted by Crippen LogP contribution is 2.10. The molecule has 3 nitrogen and oxygen atoms in total. The Bertz CT molecular complexity index is 412. The third-order valence-electron chi connectivity index (χ3n) is 1.55. The van der Waals surface area contributed by atoms with Crippen LogP contribution in [0.15, 0.2) is 18.2 Å². The summed E-state index contributed by atoms with van der Waals surface area (Å²) >= 11 is 9.01. The van der Waals surface area contributed by atoms with Gasteiger partial charge < -0.3 is 0 Å². The van der Waals surface area contributed by atoms with E-state index in [4.69, 9.17) is 11.6 Å². The zero-order valence-electron chi connectivity index (χ0n) is 6.04. The van der Waals surface area contributed by atoms with Crippen LogP contribution in [0.1, 0.15) is 5.69 Å². The molecule has 2 aromatic heterocycles. The Hall–Kier alpha value is -0.610. The summed E-state index contributed by atoms with van der Waals surface area (Å²) < 4.78 is 1.72. The van der Waals surface area contributed by atoms with Gasteiger partial charge in [0, 0.05) is 5.33 Å². The van der Waals surface area contributed by atoms with Crippen LogP contribution in [0, 0.1) is 0 Å². The number of hydrogen-bond acceptors (Lipinski definition) is 2. The minimum absolute atomic E-state index is 0.281. The van der Waals surface area contributed by atoms with Crippen molar-refractivity contribution in [2.24, 2.45) is 0 Å². The molecule has 62 valence electrons. The first kappa shape index (κ1) is 8.01. The summed E-state index contributed by atoms with van der Waals surface area (Å²) in [6.45, 7) is 0. The normalized spacial score (nSPS) is 10.8. The van der Waals surface area contributed by atoms with Gasteiger partial charge in [-0.3, -0.25) is 0 Å². The molecule has 0 aliphatic rings. The van der Waals surface area contributed by atoms with Crippen LogP contribution in [0.5, 0.6) is 0 Å². The number of pyridine rings is 1. The highest BCUT2D eigenvalue weighted by atomic mass is 79.9. The lowest BCUT2D eigenvalue weighted by molar-refractivity contribution is 0.910. The Morgan fingerprint density at radius 1 is 1.50 bits per heavy atom. The van der Waals surface area contributed by atoms with E-state index in [-0.39, 0.29) is 5.28 Å². The summed E-state index contributed by atoms with van der Waals surface area (Å²) in [6, 6.07) is 5.76. The second kappa shape index (κ2) is 3.03. The third kappa shape index (κ3) is 1.21. The van der Waals surface area contributed by atoms with Gasteiger partial charge >= 0.3 is 0 Å². The molecule has 0 saturated carbocycles. The van der Waals surface area contributed by atoms with E-state index < -0.39 is 0 Å². The van der Waals surface area contributed by atoms with Gasteiger partial charge in [-0.15, -0.1) is 5.10 Å². The van der Waals surface area contributed by atoms with Crippen molar-refractivity contribution in [3.63, 3.8) is 0 Å². The molecule has 0 spiro atoms. The Kier molecular flexibility index (Phi) is 2.02. The summed E-state index contributed by atoms with van der Waals surface area (Å²) in [5.74, 6) is 0. The van der Waals surface area contributed by atoms with E-state index in [1.54, 1.807) is 4.52 Å². The average molecular weight is 246 g/mol. The zero-order chi connectivity index (χ0) is 8.55. The molecule has 0 unspecified atom stereocenters. The largest absolute Gasteiger partial charge is 0.243 e. The van der Waals surface area contributed by atoms with Gasteiger partial charge in [0.15, 0.2) is 5.65 Å². The predicted molar refractivity (Wildman–Crippen MR) is 50.6 cm³/mol. The van der Waals surface area contributed by atoms with Crippen molar-refractivity contribution in [2.75, 3.05) is 0 Å². The summed E-state index contributed by atoms with van der Waals surface area (Å²) in [7, 11) is 0. The molecule has 5 heteroatoms. The maximum atomic E-state index is 5.65. The Morgan fingerprint density at radius 3 is 3.08 bits per heavy atom. The molecule has 12 heavy (non-hydrogen) atoms. The number of fused-ring (bicyclic) bond motifs is 1. The molecule has 0 amide bonds. The topological polar surface area (TPSA) is 30.2 Å². The Labute approximate surface area is 82.5 Å². The van der Waals surface area contributed by atoms with Gasteiger partial charge in [0.2, 0.25) is 5.28 Å². The predicted octanol–water partition coefficient (Wildman–Crippen LogP) is 2.28. The first-order chi connectivity index (χ1) is 5.81. The van der Waals surface area contributed by atoms with E-state index in [0.29, 0.717) is 0 Å². The number of alkyl halides is 1. The molecule has 0 aliphatic heterocycles. The van der Waals surface area contributed by atoms with Gasteiger partial charge in [0.25, 0.3) is 0 Å². The van der Waals surface area contributed by atoms with E-state index in [1.807, 2.05) is 18.2 Å². The van der Waals surface area contributed by atoms with E-state index in [9.17, 15) is 0 Å². The van der Waals surface area contributed by atoms with E-state index >= 15 is 0 Å². The van der Waals surface area contributed by atoms with Crippen LogP contribution in [0.3, 0.4) is 0 Å². The van der Waals surface area contributed by atoms with Gasteiger partial charge in [-0.25, -0.2) is 4.52 Å². The average Bonchev–Trinajstić information content (AvgIpc) is 2.44. The van der Waals surface area contributed by atoms with Crippen molar-refractivity contribution >= 4 is 33.2 Å². The summed E-state index contributed by atoms with van der Waals surface area (Å²) in [4.78, 5) is 4.02. The van der Waals surface area contributed by atoms with E-state index in [2.05, 4.69) is 26.0 Å². The minimum Gasteiger partial charge on any atom is -0.216 e. The quantitative estimate of drug-likeness (QED) is 0.723. The molecule has 0 aliphatic carbocycles. The lowest BCUT2D eigenvalue weighted by atomic mass is 10.4. The molecule has 0 aromatic carbocycles. The number of aromatic nitrogens is 3. The van der Waals surface area contributed by atoms with Crippen molar-refractivity contribution in [3.05, 3.63) is 29.2 Å². The lowest BCUT2D eigenvalue weighted by Gasteiger charge is -1.96. The molecule has 2 heterocycles. The first-order valence-corrected chi connectivity index (χ1v) is 4.87. The molecule has 0 fully saturated rings. The number of rotatable bonds is 1. The van der Waals surface area contributed by atoms with Crippen molar-refractivity contribution in [1.29, 1.82) is 0 Å². The van der Waals surface area contributed by atoms with Crippen molar-refractivity contribution in [3.8, 4) is 0 Å². The van der Waals surface area contributed by atoms with Gasteiger partial charge in [-0.05, 0) is 23.7 Å². The second-order valence-electron chi connectivity index (χ2n) is 2.30. The second-order valence-corrected chi connectivity index (χ2v) is 3.20. The fourth-order valence-corrected chi connectivity index (χ4v) is 1.62. The molecule has 0 saturated heterocycles. The molecular formula is C7H5BrClN3. The smallest absolute Gasteiger partial charge is 0.216 e. The van der Waals surface area contributed by atoms with Gasteiger partial charge in [-0.2, -0.15) is 4.98 Å². The Balaban J connectivity index is 2.78. The molecule has 0 bridgehead atoms. The number of nitrogens with zero attached hydrogens (tertiary/aromatic N) is 3. The van der Waals surface area contributed by atoms with Crippen molar-refractivity contribution in [1.82, 2.24) is 14.6 Å². The van der Waals surface area contributed by atoms with Crippen LogP contribution in [-0.2, 0) is 5.33 Å². The van der Waals surface area contributed by atoms with Crippen molar-refractivity contribution < 1.29 is 0 Å². The molecular weight excluding hydrogens is 241 g/mol. The number of hydrogen-bond donors (Lipinski definition) is 0. The minimum atomic E-state index is 0.281. The monoisotopic (exact) mass is 245 g/mol. The maximum absolute atomic E-state index is 5.65. The van der Waals surface area contributed by atoms with Crippen molar-refractivity contribution in [2.45, 2.75) is 5.33 Å². The van der Waals surface area contributed by atoms with Gasteiger partial charge in [-0.1, -0.05) is 22.0 Å². The van der Waals surface area contributed by atoms with Crippen LogP contribution >= 0.6 is 27.5 Å². The fraction of sp³-hybridized carbons (Fsp3) is 0.143. The summed E-state index contributed by atoms with van der Waals surface area (Å²) in [6.07, 6.45) is 0. The van der Waals surface area contributed by atoms with Crippen LogP contribution in [-0.4, -0.2) is 14.6 Å². The van der Waals surface area contributed by atoms with E-state index in [0.717, 1.165) is 16.7 Å². The molecule has 0 N–H and O–H groups in total. The highest BCUT2D eigenvalue weighted by Gasteiger charge is 2.02. The van der Waals surface area contributed by atoms with Crippen LogP contribution in [0.25, 0.3) is 5.65 Å². The van der Waals surface area contributed by atoms with Gasteiger partial charge in [0.1, 0.15) is 0 Å². The lowest BCUT2D eigenvalue weighted by Crippen LogP contribution is -1.94. The SMILES string of the molecule is Clc1nc2cccc(CBr)n2n1. The van der Waals surface area contributed by atoms with Crippen LogP contribution < -0.4 is 0 Å². The standard InChI is InChI=1S/C7H5BrClN3/c8-4-5-2-1-3-6-10-7(9)11-12(5)6/h1-3H,4H2. The van der Waals surface area contributed by atoms with Crippen LogP contribution in [0.2, 0.25) is 5.28 Å². The third-order valence-corrected chi connectivity index (χ3v) is 2.28. The fourth-order valence-electron chi connectivity index (χ4n) is 1.03. The van der Waals surface area contributed by atoms with Crippen LogP contribution in [0.4, 0.5) is 0 Å². The zero-order valence-corrected chi connectivity index (χ0v) is 8.38. The molecule has 0 atom stereocenters. The maximum Gasteiger partial charge on any atom is 0.243 e. The summed E-state index contributed by atoms with van der Waals surface area (Å²) in [5, 5.41) is 5.05. The molecule has 2 aromatic rings.